The Kier molecular flexibility index (Phi) is 2.20. The second kappa shape index (κ2) is 3.38. The van der Waals surface area contributed by atoms with E-state index in [9.17, 15) is 4.79 Å². The summed E-state index contributed by atoms with van der Waals surface area (Å²) in [4.78, 5) is 13.8. The molecule has 0 unspecified atom stereocenters. The molecule has 1 heterocycles. The molecule has 1 aromatic rings. The molecule has 0 bridgehead atoms. The zero-order chi connectivity index (χ0) is 11.4. The summed E-state index contributed by atoms with van der Waals surface area (Å²) in [5.41, 5.74) is 1.81. The zero-order valence-electron chi connectivity index (χ0n) is 8.73. The van der Waals surface area contributed by atoms with Gasteiger partial charge in [0.15, 0.2) is 0 Å². The lowest BCUT2D eigenvalue weighted by Crippen LogP contribution is -2.63. The number of hydrogen-bond acceptors (Lipinski definition) is 1. The fourth-order valence-electron chi connectivity index (χ4n) is 2.75. The second-order valence-corrected chi connectivity index (χ2v) is 5.42. The number of carbonyl (C=O) groups is 1. The van der Waals surface area contributed by atoms with Gasteiger partial charge in [0.1, 0.15) is 0 Å². The van der Waals surface area contributed by atoms with Crippen molar-refractivity contribution in [3.05, 3.63) is 35.4 Å². The van der Waals surface area contributed by atoms with E-state index in [0.717, 1.165) is 11.1 Å². The predicted octanol–water partition coefficient (Wildman–Crippen LogP) is 2.45. The SMILES string of the molecule is CN1C(=O)c2ccccc2[C@@H]2[C@@H](Cl)[C@H](Cl)[C@@H]21. The van der Waals surface area contributed by atoms with Crippen LogP contribution in [0.25, 0.3) is 0 Å². The van der Waals surface area contributed by atoms with Crippen molar-refractivity contribution in [3.63, 3.8) is 0 Å². The van der Waals surface area contributed by atoms with Crippen molar-refractivity contribution < 1.29 is 4.79 Å². The Labute approximate surface area is 104 Å². The van der Waals surface area contributed by atoms with Crippen molar-refractivity contribution in [3.8, 4) is 0 Å². The maximum absolute atomic E-state index is 12.1. The highest BCUT2D eigenvalue weighted by Crippen LogP contribution is 2.50. The number of alkyl halides is 2. The standard InChI is InChI=1S/C12H11Cl2NO/c1-15-11-8(9(13)10(11)14)6-4-2-3-5-7(6)12(15)16/h2-5,8-11H,1H3/t8-,9-,10+,11-/m1/s1. The minimum atomic E-state index is -0.144. The molecule has 0 aromatic heterocycles. The summed E-state index contributed by atoms with van der Waals surface area (Å²) in [5, 5.41) is -0.225. The van der Waals surface area contributed by atoms with E-state index in [1.165, 1.54) is 0 Å². The van der Waals surface area contributed by atoms with Crippen LogP contribution in [-0.2, 0) is 0 Å². The van der Waals surface area contributed by atoms with Crippen LogP contribution in [0.3, 0.4) is 0 Å². The highest BCUT2D eigenvalue weighted by molar-refractivity contribution is 6.33. The molecule has 1 aliphatic carbocycles. The molecule has 1 fully saturated rings. The Hall–Kier alpha value is -0.730. The van der Waals surface area contributed by atoms with Gasteiger partial charge in [0.2, 0.25) is 0 Å². The Morgan fingerprint density at radius 1 is 1.19 bits per heavy atom. The Bertz CT molecular complexity index is 462. The van der Waals surface area contributed by atoms with E-state index in [1.807, 2.05) is 24.3 Å². The first-order valence-corrected chi connectivity index (χ1v) is 6.14. The van der Waals surface area contributed by atoms with Crippen LogP contribution in [0.4, 0.5) is 0 Å². The van der Waals surface area contributed by atoms with Crippen LogP contribution in [0.1, 0.15) is 21.8 Å². The maximum atomic E-state index is 12.1. The van der Waals surface area contributed by atoms with Gasteiger partial charge >= 0.3 is 0 Å². The molecule has 1 saturated carbocycles. The van der Waals surface area contributed by atoms with Crippen molar-refractivity contribution in [2.24, 2.45) is 0 Å². The van der Waals surface area contributed by atoms with E-state index in [4.69, 9.17) is 23.2 Å². The number of halogens is 2. The van der Waals surface area contributed by atoms with Crippen LogP contribution < -0.4 is 0 Å². The number of likely N-dealkylation sites (N-methyl/N-ethyl adjacent to an activating group) is 1. The molecule has 3 rings (SSSR count). The number of carbonyl (C=O) groups excluding carboxylic acids is 1. The van der Waals surface area contributed by atoms with Crippen LogP contribution in [0.2, 0.25) is 0 Å². The minimum absolute atomic E-state index is 0.0473. The fraction of sp³-hybridized carbons (Fsp3) is 0.417. The molecule has 0 N–H and O–H groups in total. The number of hydrogen-bond donors (Lipinski definition) is 0. The van der Waals surface area contributed by atoms with Gasteiger partial charge in [0.05, 0.1) is 16.8 Å². The third-order valence-corrected chi connectivity index (χ3v) is 4.86. The van der Waals surface area contributed by atoms with E-state index in [-0.39, 0.29) is 28.6 Å². The lowest BCUT2D eigenvalue weighted by molar-refractivity contribution is 0.0570. The number of fused-ring (bicyclic) bond motifs is 3. The highest BCUT2D eigenvalue weighted by Gasteiger charge is 2.55. The Morgan fingerprint density at radius 3 is 2.62 bits per heavy atom. The van der Waals surface area contributed by atoms with E-state index >= 15 is 0 Å². The molecular formula is C12H11Cl2NO. The van der Waals surface area contributed by atoms with Crippen LogP contribution in [0.15, 0.2) is 24.3 Å². The molecule has 2 aliphatic rings. The number of nitrogens with zero attached hydrogens (tertiary/aromatic N) is 1. The first-order valence-electron chi connectivity index (χ1n) is 5.27. The molecule has 1 aliphatic heterocycles. The molecule has 84 valence electrons. The highest BCUT2D eigenvalue weighted by atomic mass is 35.5. The van der Waals surface area contributed by atoms with Gasteiger partial charge in [-0.1, -0.05) is 18.2 Å². The van der Waals surface area contributed by atoms with Crippen LogP contribution >= 0.6 is 23.2 Å². The van der Waals surface area contributed by atoms with Gasteiger partial charge in [0.25, 0.3) is 5.91 Å². The van der Waals surface area contributed by atoms with Crippen LogP contribution in [0, 0.1) is 0 Å². The van der Waals surface area contributed by atoms with Crippen molar-refractivity contribution in [1.29, 1.82) is 0 Å². The van der Waals surface area contributed by atoms with Crippen molar-refractivity contribution >= 4 is 29.1 Å². The summed E-state index contributed by atoms with van der Waals surface area (Å²) in [5.74, 6) is 0.231. The number of rotatable bonds is 0. The van der Waals surface area contributed by atoms with Gasteiger partial charge in [0, 0.05) is 18.5 Å². The van der Waals surface area contributed by atoms with Gasteiger partial charge in [-0.15, -0.1) is 23.2 Å². The van der Waals surface area contributed by atoms with Gasteiger partial charge in [-0.05, 0) is 11.6 Å². The first-order chi connectivity index (χ1) is 7.63. The largest absolute Gasteiger partial charge is 0.336 e. The molecule has 1 aromatic carbocycles. The summed E-state index contributed by atoms with van der Waals surface area (Å²) in [6.45, 7) is 0. The average molecular weight is 256 g/mol. The normalized spacial score (nSPS) is 36.4. The Balaban J connectivity index is 2.14. The molecule has 0 radical (unpaired) electrons. The molecule has 16 heavy (non-hydrogen) atoms. The predicted molar refractivity (Wildman–Crippen MR) is 64.3 cm³/mol. The van der Waals surface area contributed by atoms with Gasteiger partial charge in [-0.2, -0.15) is 0 Å². The summed E-state index contributed by atoms with van der Waals surface area (Å²) >= 11 is 12.4. The van der Waals surface area contributed by atoms with Crippen molar-refractivity contribution in [2.45, 2.75) is 22.7 Å². The number of amides is 1. The van der Waals surface area contributed by atoms with E-state index in [0.29, 0.717) is 0 Å². The molecule has 0 spiro atoms. The zero-order valence-corrected chi connectivity index (χ0v) is 10.2. The molecular weight excluding hydrogens is 245 g/mol. The summed E-state index contributed by atoms with van der Waals surface area (Å²) in [6.07, 6.45) is 0. The third kappa shape index (κ3) is 1.12. The fourth-order valence-corrected chi connectivity index (χ4v) is 3.66. The first kappa shape index (κ1) is 10.4. The van der Waals surface area contributed by atoms with Crippen LogP contribution in [0.5, 0.6) is 0 Å². The molecule has 4 atom stereocenters. The minimum Gasteiger partial charge on any atom is -0.336 e. The van der Waals surface area contributed by atoms with Crippen LogP contribution in [-0.4, -0.2) is 34.7 Å². The van der Waals surface area contributed by atoms with Gasteiger partial charge < -0.3 is 4.90 Å². The van der Waals surface area contributed by atoms with Crippen molar-refractivity contribution in [1.82, 2.24) is 4.90 Å². The van der Waals surface area contributed by atoms with E-state index < -0.39 is 0 Å². The second-order valence-electron chi connectivity index (χ2n) is 4.41. The lowest BCUT2D eigenvalue weighted by Gasteiger charge is -2.53. The summed E-state index contributed by atoms with van der Waals surface area (Å²) in [6, 6.07) is 7.71. The van der Waals surface area contributed by atoms with Gasteiger partial charge in [-0.3, -0.25) is 4.79 Å². The monoisotopic (exact) mass is 255 g/mol. The van der Waals surface area contributed by atoms with Gasteiger partial charge in [-0.25, -0.2) is 0 Å². The Morgan fingerprint density at radius 2 is 1.88 bits per heavy atom. The average Bonchev–Trinajstić information content (AvgIpc) is 2.32. The van der Waals surface area contributed by atoms with Crippen molar-refractivity contribution in [2.75, 3.05) is 7.05 Å². The quantitative estimate of drug-likeness (QED) is 0.653. The summed E-state index contributed by atoms with van der Waals surface area (Å²) in [7, 11) is 1.80. The maximum Gasteiger partial charge on any atom is 0.254 e. The van der Waals surface area contributed by atoms with E-state index in [1.54, 1.807) is 11.9 Å². The third-order valence-electron chi connectivity index (χ3n) is 3.66. The van der Waals surface area contributed by atoms with E-state index in [2.05, 4.69) is 0 Å². The molecule has 1 amide bonds. The summed E-state index contributed by atoms with van der Waals surface area (Å²) < 4.78 is 0. The lowest BCUT2D eigenvalue weighted by atomic mass is 9.69. The molecule has 0 saturated heterocycles. The smallest absolute Gasteiger partial charge is 0.254 e. The number of benzene rings is 1. The topological polar surface area (TPSA) is 20.3 Å². The molecule has 2 nitrogen and oxygen atoms in total. The molecule has 4 heteroatoms.